The third-order valence-electron chi connectivity index (χ3n) is 4.34. The summed E-state index contributed by atoms with van der Waals surface area (Å²) in [6.07, 6.45) is -3.23. The number of fused-ring (bicyclic) bond motifs is 1. The lowest BCUT2D eigenvalue weighted by atomic mass is 10.1. The maximum absolute atomic E-state index is 13.2. The first kappa shape index (κ1) is 18.7. The highest BCUT2D eigenvalue weighted by Crippen LogP contribution is 2.37. The molecule has 0 radical (unpaired) electrons. The van der Waals surface area contributed by atoms with Crippen molar-refractivity contribution in [2.24, 2.45) is 5.10 Å². The average molecular weight is 397 g/mol. The van der Waals surface area contributed by atoms with Crippen molar-refractivity contribution in [2.45, 2.75) is 13.1 Å². The highest BCUT2D eigenvalue weighted by atomic mass is 19.4. The van der Waals surface area contributed by atoms with Crippen molar-refractivity contribution in [2.75, 3.05) is 0 Å². The van der Waals surface area contributed by atoms with Crippen molar-refractivity contribution in [1.82, 2.24) is 9.66 Å². The number of hydrogen-bond donors (Lipinski definition) is 0. The fourth-order valence-corrected chi connectivity index (χ4v) is 3.00. The molecule has 0 atom stereocenters. The molecule has 146 valence electrons. The number of hydrogen-bond acceptors (Lipinski definition) is 4. The Bertz CT molecular complexity index is 1290. The Kier molecular flexibility index (Phi) is 4.54. The van der Waals surface area contributed by atoms with Crippen LogP contribution in [0.25, 0.3) is 22.2 Å². The molecule has 0 aliphatic rings. The molecule has 0 unspecified atom stereocenters. The number of nitrogens with zero attached hydrogens (tertiary/aromatic N) is 3. The summed E-state index contributed by atoms with van der Waals surface area (Å²) in [5, 5.41) is 4.52. The van der Waals surface area contributed by atoms with Gasteiger partial charge in [0.15, 0.2) is 0 Å². The van der Waals surface area contributed by atoms with Crippen molar-refractivity contribution < 1.29 is 17.6 Å². The molecule has 0 aliphatic carbocycles. The summed E-state index contributed by atoms with van der Waals surface area (Å²) in [7, 11) is 0. The van der Waals surface area contributed by atoms with Crippen LogP contribution in [0.4, 0.5) is 13.2 Å². The Morgan fingerprint density at radius 1 is 1.03 bits per heavy atom. The molecule has 0 N–H and O–H groups in total. The first-order valence-electron chi connectivity index (χ1n) is 8.64. The minimum absolute atomic E-state index is 0.0556. The van der Waals surface area contributed by atoms with Crippen LogP contribution in [0.3, 0.4) is 0 Å². The fraction of sp³-hybridized carbons (Fsp3) is 0.0952. The molecule has 2 aromatic heterocycles. The van der Waals surface area contributed by atoms with Crippen LogP contribution in [0.5, 0.6) is 0 Å². The molecule has 8 heteroatoms. The maximum Gasteiger partial charge on any atom is 0.417 e. The quantitative estimate of drug-likeness (QED) is 0.464. The van der Waals surface area contributed by atoms with E-state index in [9.17, 15) is 18.0 Å². The summed E-state index contributed by atoms with van der Waals surface area (Å²) in [6.45, 7) is 1.64. The predicted octanol–water partition coefficient (Wildman–Crippen LogP) is 4.87. The molecule has 0 aliphatic heterocycles. The van der Waals surface area contributed by atoms with Gasteiger partial charge in [0.05, 0.1) is 22.7 Å². The second-order valence-electron chi connectivity index (χ2n) is 6.28. The highest BCUT2D eigenvalue weighted by molar-refractivity contribution is 5.79. The third-order valence-corrected chi connectivity index (χ3v) is 4.34. The van der Waals surface area contributed by atoms with Gasteiger partial charge in [-0.3, -0.25) is 4.79 Å². The van der Waals surface area contributed by atoms with Crippen LogP contribution >= 0.6 is 0 Å². The monoisotopic (exact) mass is 397 g/mol. The summed E-state index contributed by atoms with van der Waals surface area (Å²) < 4.78 is 46.3. The number of alkyl halides is 3. The minimum atomic E-state index is -4.50. The number of aryl methyl sites for hydroxylation is 1. The summed E-state index contributed by atoms with van der Waals surface area (Å²) >= 11 is 0. The van der Waals surface area contributed by atoms with Gasteiger partial charge in [0.25, 0.3) is 5.56 Å². The molecule has 5 nitrogen and oxygen atoms in total. The van der Waals surface area contributed by atoms with Gasteiger partial charge in [-0.2, -0.15) is 22.9 Å². The van der Waals surface area contributed by atoms with E-state index in [1.165, 1.54) is 36.5 Å². The fourth-order valence-electron chi connectivity index (χ4n) is 3.00. The molecule has 0 saturated carbocycles. The summed E-state index contributed by atoms with van der Waals surface area (Å²) in [4.78, 5) is 16.9. The number of furan rings is 1. The molecule has 2 heterocycles. The Morgan fingerprint density at radius 2 is 1.76 bits per heavy atom. The van der Waals surface area contributed by atoms with Crippen molar-refractivity contribution in [1.29, 1.82) is 0 Å². The van der Waals surface area contributed by atoms with Crippen LogP contribution in [-0.4, -0.2) is 15.9 Å². The van der Waals surface area contributed by atoms with E-state index < -0.39 is 11.7 Å². The molecule has 0 saturated heterocycles. The van der Waals surface area contributed by atoms with E-state index in [-0.39, 0.29) is 22.6 Å². The summed E-state index contributed by atoms with van der Waals surface area (Å²) in [6, 6.07) is 15.0. The van der Waals surface area contributed by atoms with Crippen molar-refractivity contribution in [3.63, 3.8) is 0 Å². The van der Waals surface area contributed by atoms with E-state index in [0.717, 1.165) is 10.7 Å². The molecule has 0 amide bonds. The van der Waals surface area contributed by atoms with Gasteiger partial charge in [-0.25, -0.2) is 4.98 Å². The van der Waals surface area contributed by atoms with Gasteiger partial charge in [-0.1, -0.05) is 30.3 Å². The predicted molar refractivity (Wildman–Crippen MR) is 103 cm³/mol. The lowest BCUT2D eigenvalue weighted by molar-refractivity contribution is -0.137. The lowest BCUT2D eigenvalue weighted by Crippen LogP contribution is -2.20. The average Bonchev–Trinajstić information content (AvgIpc) is 3.16. The van der Waals surface area contributed by atoms with E-state index in [1.807, 2.05) is 0 Å². The molecule has 4 rings (SSSR count). The second-order valence-corrected chi connectivity index (χ2v) is 6.28. The van der Waals surface area contributed by atoms with Gasteiger partial charge in [-0.05, 0) is 37.3 Å². The smallest absolute Gasteiger partial charge is 0.417 e. The molecule has 0 bridgehead atoms. The van der Waals surface area contributed by atoms with Crippen molar-refractivity contribution >= 4 is 17.1 Å². The lowest BCUT2D eigenvalue weighted by Gasteiger charge is -2.10. The van der Waals surface area contributed by atoms with Crippen LogP contribution in [0.1, 0.15) is 17.1 Å². The number of rotatable bonds is 3. The number of halogens is 3. The zero-order valence-electron chi connectivity index (χ0n) is 15.1. The van der Waals surface area contributed by atoms with Gasteiger partial charge in [0.2, 0.25) is 0 Å². The first-order chi connectivity index (χ1) is 13.8. The molecule has 0 fully saturated rings. The Morgan fingerprint density at radius 3 is 2.55 bits per heavy atom. The SMILES string of the molecule is Cc1nc2ccccc2c(=O)n1/N=C/c1ccc(-c2ccccc2C(F)(F)F)o1. The van der Waals surface area contributed by atoms with E-state index in [1.54, 1.807) is 31.2 Å². The van der Waals surface area contributed by atoms with Gasteiger partial charge in [0.1, 0.15) is 17.3 Å². The van der Waals surface area contributed by atoms with E-state index in [4.69, 9.17) is 4.42 Å². The molecular weight excluding hydrogens is 383 g/mol. The summed E-state index contributed by atoms with van der Waals surface area (Å²) in [5.41, 5.74) is -0.645. The summed E-state index contributed by atoms with van der Waals surface area (Å²) in [5.74, 6) is 0.635. The minimum Gasteiger partial charge on any atom is -0.455 e. The van der Waals surface area contributed by atoms with Crippen molar-refractivity contribution in [3.05, 3.63) is 88.2 Å². The van der Waals surface area contributed by atoms with Crippen LogP contribution in [-0.2, 0) is 6.18 Å². The molecule has 29 heavy (non-hydrogen) atoms. The largest absolute Gasteiger partial charge is 0.455 e. The Balaban J connectivity index is 1.71. The first-order valence-corrected chi connectivity index (χ1v) is 8.64. The van der Waals surface area contributed by atoms with Gasteiger partial charge in [-0.15, -0.1) is 0 Å². The van der Waals surface area contributed by atoms with Gasteiger partial charge < -0.3 is 4.42 Å². The van der Waals surface area contributed by atoms with Crippen LogP contribution in [0.15, 0.2) is 75.0 Å². The molecular formula is C21H14F3N3O2. The topological polar surface area (TPSA) is 60.4 Å². The van der Waals surface area contributed by atoms with E-state index in [0.29, 0.717) is 16.7 Å². The standard InChI is InChI=1S/C21H14F3N3O2/c1-13-26-18-9-5-3-7-16(18)20(28)27(13)25-12-14-10-11-19(29-14)15-6-2-4-8-17(15)21(22,23)24/h2-12H,1H3/b25-12+. The van der Waals surface area contributed by atoms with Crippen LogP contribution < -0.4 is 5.56 Å². The number of benzene rings is 2. The van der Waals surface area contributed by atoms with Crippen LogP contribution in [0, 0.1) is 6.92 Å². The zero-order chi connectivity index (χ0) is 20.6. The van der Waals surface area contributed by atoms with Gasteiger partial charge >= 0.3 is 6.18 Å². The van der Waals surface area contributed by atoms with E-state index >= 15 is 0 Å². The van der Waals surface area contributed by atoms with Crippen molar-refractivity contribution in [3.8, 4) is 11.3 Å². The molecule has 4 aromatic rings. The molecule has 0 spiro atoms. The number of para-hydroxylation sites is 1. The molecule has 2 aromatic carbocycles. The maximum atomic E-state index is 13.2. The van der Waals surface area contributed by atoms with Gasteiger partial charge in [0, 0.05) is 5.56 Å². The van der Waals surface area contributed by atoms with Crippen LogP contribution in [0.2, 0.25) is 0 Å². The Labute approximate surface area is 162 Å². The second kappa shape index (κ2) is 7.05. The highest BCUT2D eigenvalue weighted by Gasteiger charge is 2.34. The van der Waals surface area contributed by atoms with E-state index in [2.05, 4.69) is 10.1 Å². The normalized spacial score (nSPS) is 12.1. The third kappa shape index (κ3) is 3.56. The zero-order valence-corrected chi connectivity index (χ0v) is 15.1. The Hall–Kier alpha value is -3.68. The number of aromatic nitrogens is 2.